The van der Waals surface area contributed by atoms with Crippen molar-refractivity contribution in [2.45, 2.75) is 13.0 Å². The highest BCUT2D eigenvalue weighted by Crippen LogP contribution is 1.98. The lowest BCUT2D eigenvalue weighted by atomic mass is 10.3. The minimum Gasteiger partial charge on any atom is -0.388 e. The Morgan fingerprint density at radius 1 is 1.60 bits per heavy atom. The van der Waals surface area contributed by atoms with Crippen molar-refractivity contribution in [1.29, 1.82) is 0 Å². The first-order chi connectivity index (χ1) is 4.48. The van der Waals surface area contributed by atoms with E-state index in [9.17, 15) is 0 Å². The van der Waals surface area contributed by atoms with Crippen LogP contribution in [0.1, 0.15) is 6.92 Å². The van der Waals surface area contributed by atoms with E-state index in [-0.39, 0.29) is 6.10 Å². The van der Waals surface area contributed by atoms with Gasteiger partial charge in [0, 0.05) is 0 Å². The molecule has 10 heavy (non-hydrogen) atoms. The molecule has 0 fully saturated rings. The molecule has 60 valence electrons. The lowest BCUT2D eigenvalue weighted by molar-refractivity contribution is -0.887. The van der Waals surface area contributed by atoms with Crippen molar-refractivity contribution < 1.29 is 9.59 Å². The summed E-state index contributed by atoms with van der Waals surface area (Å²) in [5.41, 5.74) is 0. The lowest BCUT2D eigenvalue weighted by Gasteiger charge is -2.29. The van der Waals surface area contributed by atoms with Crippen molar-refractivity contribution in [2.24, 2.45) is 0 Å². The van der Waals surface area contributed by atoms with E-state index in [1.54, 1.807) is 0 Å². The molecule has 0 bridgehead atoms. The molecule has 1 N–H and O–H groups in total. The number of hydrogen-bond donors (Lipinski definition) is 1. The molecule has 0 rings (SSSR count). The number of rotatable bonds is 4. The fourth-order valence-electron chi connectivity index (χ4n) is 1.14. The molecule has 0 aliphatic rings. The second kappa shape index (κ2) is 3.74. The van der Waals surface area contributed by atoms with E-state index < -0.39 is 0 Å². The number of quaternary nitrogens is 1. The minimum atomic E-state index is -0.227. The van der Waals surface area contributed by atoms with Gasteiger partial charge in [-0.1, -0.05) is 6.58 Å². The van der Waals surface area contributed by atoms with E-state index in [0.29, 0.717) is 0 Å². The van der Waals surface area contributed by atoms with Gasteiger partial charge in [0.15, 0.2) is 0 Å². The molecule has 0 spiro atoms. The molecule has 0 aromatic heterocycles. The quantitative estimate of drug-likeness (QED) is 0.453. The first kappa shape index (κ1) is 9.66. The predicted molar refractivity (Wildman–Crippen MR) is 43.7 cm³/mol. The van der Waals surface area contributed by atoms with Gasteiger partial charge >= 0.3 is 0 Å². The molecular formula is C8H18NO+. The van der Waals surface area contributed by atoms with Gasteiger partial charge in [-0.2, -0.15) is 0 Å². The third-order valence-electron chi connectivity index (χ3n) is 1.38. The Kier molecular flexibility index (Phi) is 3.61. The maximum Gasteiger partial charge on any atom is 0.105 e. The second-order valence-corrected chi connectivity index (χ2v) is 3.44. The molecule has 1 unspecified atom stereocenters. The summed E-state index contributed by atoms with van der Waals surface area (Å²) in [6.07, 6.45) is 1.65. The zero-order chi connectivity index (χ0) is 8.20. The highest BCUT2D eigenvalue weighted by atomic mass is 16.3. The van der Waals surface area contributed by atoms with Crippen LogP contribution < -0.4 is 0 Å². The average molecular weight is 144 g/mol. The van der Waals surface area contributed by atoms with Crippen LogP contribution in [0.3, 0.4) is 0 Å². The van der Waals surface area contributed by atoms with Gasteiger partial charge in [0.25, 0.3) is 0 Å². The lowest BCUT2D eigenvalue weighted by Crippen LogP contribution is -2.44. The third-order valence-corrected chi connectivity index (χ3v) is 1.38. The Bertz CT molecular complexity index is 108. The highest BCUT2D eigenvalue weighted by molar-refractivity contribution is 4.64. The first-order valence-corrected chi connectivity index (χ1v) is 3.59. The van der Waals surface area contributed by atoms with Gasteiger partial charge in [-0.3, -0.25) is 0 Å². The SMILES string of the molecule is C=CC[N+](C)(C)CC(C)O. The van der Waals surface area contributed by atoms with Crippen LogP contribution in [0.2, 0.25) is 0 Å². The summed E-state index contributed by atoms with van der Waals surface area (Å²) < 4.78 is 0.807. The largest absolute Gasteiger partial charge is 0.388 e. The number of aliphatic hydroxyl groups is 1. The Hall–Kier alpha value is -0.340. The predicted octanol–water partition coefficient (Wildman–Crippen LogP) is 0.630. The summed E-state index contributed by atoms with van der Waals surface area (Å²) in [6, 6.07) is 0. The fraction of sp³-hybridized carbons (Fsp3) is 0.750. The molecule has 0 radical (unpaired) electrons. The number of hydrogen-bond acceptors (Lipinski definition) is 1. The van der Waals surface area contributed by atoms with Gasteiger partial charge in [0.2, 0.25) is 0 Å². The van der Waals surface area contributed by atoms with E-state index in [2.05, 4.69) is 20.7 Å². The molecule has 0 amide bonds. The highest BCUT2D eigenvalue weighted by Gasteiger charge is 2.14. The topological polar surface area (TPSA) is 20.2 Å². The maximum atomic E-state index is 9.06. The van der Waals surface area contributed by atoms with Gasteiger partial charge in [0.05, 0.1) is 20.6 Å². The summed E-state index contributed by atoms with van der Waals surface area (Å²) in [7, 11) is 4.16. The zero-order valence-corrected chi connectivity index (χ0v) is 7.17. The van der Waals surface area contributed by atoms with Crippen LogP contribution in [0.4, 0.5) is 0 Å². The van der Waals surface area contributed by atoms with Crippen LogP contribution in [-0.2, 0) is 0 Å². The standard InChI is InChI=1S/C8H18NO/c1-5-6-9(3,4)7-8(2)10/h5,8,10H,1,6-7H2,2-4H3/q+1. The molecule has 0 saturated heterocycles. The monoisotopic (exact) mass is 144 g/mol. The summed E-state index contributed by atoms with van der Waals surface area (Å²) >= 11 is 0. The Labute approximate surface area is 63.4 Å². The van der Waals surface area contributed by atoms with Crippen molar-refractivity contribution in [3.8, 4) is 0 Å². The Morgan fingerprint density at radius 3 is 2.40 bits per heavy atom. The smallest absolute Gasteiger partial charge is 0.105 e. The molecule has 0 aliphatic carbocycles. The summed E-state index contributed by atoms with van der Waals surface area (Å²) in [5.74, 6) is 0. The molecule has 0 heterocycles. The van der Waals surface area contributed by atoms with E-state index in [4.69, 9.17) is 5.11 Å². The summed E-state index contributed by atoms with van der Waals surface area (Å²) in [5, 5.41) is 9.06. The van der Waals surface area contributed by atoms with E-state index in [1.165, 1.54) is 0 Å². The third kappa shape index (κ3) is 4.53. The van der Waals surface area contributed by atoms with E-state index >= 15 is 0 Å². The van der Waals surface area contributed by atoms with Gasteiger partial charge in [-0.15, -0.1) is 0 Å². The summed E-state index contributed by atoms with van der Waals surface area (Å²) in [4.78, 5) is 0. The van der Waals surface area contributed by atoms with Gasteiger partial charge < -0.3 is 9.59 Å². The van der Waals surface area contributed by atoms with Gasteiger partial charge in [-0.05, 0) is 13.0 Å². The molecule has 0 aromatic carbocycles. The van der Waals surface area contributed by atoms with Gasteiger partial charge in [0.1, 0.15) is 12.6 Å². The molecule has 2 heteroatoms. The van der Waals surface area contributed by atoms with Crippen LogP contribution in [0.25, 0.3) is 0 Å². The first-order valence-electron chi connectivity index (χ1n) is 3.59. The molecule has 0 aromatic rings. The molecule has 1 atom stereocenters. The fourth-order valence-corrected chi connectivity index (χ4v) is 1.14. The normalized spacial score (nSPS) is 14.8. The van der Waals surface area contributed by atoms with Gasteiger partial charge in [-0.25, -0.2) is 0 Å². The van der Waals surface area contributed by atoms with Crippen molar-refractivity contribution >= 4 is 0 Å². The Balaban J connectivity index is 3.73. The van der Waals surface area contributed by atoms with Crippen molar-refractivity contribution in [3.05, 3.63) is 12.7 Å². The van der Waals surface area contributed by atoms with E-state index in [1.807, 2.05) is 13.0 Å². The van der Waals surface area contributed by atoms with Crippen LogP contribution in [0.15, 0.2) is 12.7 Å². The summed E-state index contributed by atoms with van der Waals surface area (Å²) in [6.45, 7) is 7.16. The van der Waals surface area contributed by atoms with Crippen molar-refractivity contribution in [2.75, 3.05) is 27.2 Å². The number of likely N-dealkylation sites (N-methyl/N-ethyl adjacent to an activating group) is 1. The Morgan fingerprint density at radius 2 is 2.10 bits per heavy atom. The van der Waals surface area contributed by atoms with Crippen LogP contribution in [-0.4, -0.2) is 42.9 Å². The zero-order valence-electron chi connectivity index (χ0n) is 7.17. The number of aliphatic hydroxyl groups excluding tert-OH is 1. The molecule has 0 aliphatic heterocycles. The average Bonchev–Trinajstić information content (AvgIpc) is 1.59. The second-order valence-electron chi connectivity index (χ2n) is 3.44. The van der Waals surface area contributed by atoms with Crippen molar-refractivity contribution in [1.82, 2.24) is 0 Å². The maximum absolute atomic E-state index is 9.06. The van der Waals surface area contributed by atoms with Crippen LogP contribution in [0, 0.1) is 0 Å². The molecule has 2 nitrogen and oxygen atoms in total. The van der Waals surface area contributed by atoms with E-state index in [0.717, 1.165) is 17.6 Å². The number of nitrogens with zero attached hydrogens (tertiary/aromatic N) is 1. The molecular weight excluding hydrogens is 126 g/mol. The van der Waals surface area contributed by atoms with Crippen molar-refractivity contribution in [3.63, 3.8) is 0 Å². The van der Waals surface area contributed by atoms with Crippen LogP contribution >= 0.6 is 0 Å². The van der Waals surface area contributed by atoms with Crippen LogP contribution in [0.5, 0.6) is 0 Å². The minimum absolute atomic E-state index is 0.227. The molecule has 0 saturated carbocycles.